The molecule has 2 N–H and O–H groups in total. The number of ether oxygens (including phenoxy) is 1. The number of nitrogens with one attached hydrogen (secondary N) is 2. The van der Waals surface area contributed by atoms with Gasteiger partial charge < -0.3 is 15.4 Å². The lowest BCUT2D eigenvalue weighted by atomic mass is 9.86. The minimum atomic E-state index is -0.857. The Labute approximate surface area is 135 Å². The number of hydrogen-bond acceptors (Lipinski definition) is 3. The van der Waals surface area contributed by atoms with Crippen LogP contribution in [-0.2, 0) is 9.53 Å². The number of carbonyl (C=O) groups excluding carboxylic acids is 1. The summed E-state index contributed by atoms with van der Waals surface area (Å²) >= 11 is 0. The van der Waals surface area contributed by atoms with Crippen molar-refractivity contribution in [1.82, 2.24) is 10.6 Å². The summed E-state index contributed by atoms with van der Waals surface area (Å²) in [6.45, 7) is 3.68. The Morgan fingerprint density at radius 1 is 1.41 bits per heavy atom. The van der Waals surface area contributed by atoms with Crippen molar-refractivity contribution in [3.8, 4) is 0 Å². The van der Waals surface area contributed by atoms with Crippen molar-refractivity contribution in [2.75, 3.05) is 26.3 Å². The maximum atomic E-state index is 13.4. The predicted molar refractivity (Wildman–Crippen MR) is 82.3 cm³/mol. The Hall–Kier alpha value is -1.24. The van der Waals surface area contributed by atoms with E-state index in [4.69, 9.17) is 4.74 Å². The molecule has 0 radical (unpaired) electrons. The molecule has 0 saturated carbocycles. The molecule has 1 amide bonds. The van der Waals surface area contributed by atoms with Crippen LogP contribution in [0.3, 0.4) is 0 Å². The van der Waals surface area contributed by atoms with Crippen molar-refractivity contribution in [1.29, 1.82) is 0 Å². The maximum Gasteiger partial charge on any atom is 0.246 e. The molecule has 0 aliphatic carbocycles. The van der Waals surface area contributed by atoms with Gasteiger partial charge in [-0.2, -0.15) is 0 Å². The highest BCUT2D eigenvalue weighted by Crippen LogP contribution is 2.26. The van der Waals surface area contributed by atoms with Crippen LogP contribution in [0.2, 0.25) is 0 Å². The van der Waals surface area contributed by atoms with E-state index in [1.165, 1.54) is 6.07 Å². The van der Waals surface area contributed by atoms with Crippen LogP contribution in [0.4, 0.5) is 8.78 Å². The Morgan fingerprint density at radius 2 is 2.18 bits per heavy atom. The molecule has 2 atom stereocenters. The summed E-state index contributed by atoms with van der Waals surface area (Å²) in [5.74, 6) is -1.94. The van der Waals surface area contributed by atoms with Gasteiger partial charge in [0, 0.05) is 25.1 Å². The van der Waals surface area contributed by atoms with Gasteiger partial charge in [-0.15, -0.1) is 12.4 Å². The van der Waals surface area contributed by atoms with Crippen molar-refractivity contribution < 1.29 is 18.3 Å². The number of rotatable bonds is 5. The van der Waals surface area contributed by atoms with E-state index in [2.05, 4.69) is 10.6 Å². The van der Waals surface area contributed by atoms with Crippen LogP contribution < -0.4 is 10.6 Å². The van der Waals surface area contributed by atoms with Gasteiger partial charge in [-0.25, -0.2) is 8.78 Å². The van der Waals surface area contributed by atoms with Crippen LogP contribution >= 0.6 is 12.4 Å². The predicted octanol–water partition coefficient (Wildman–Crippen LogP) is 1.98. The second kappa shape index (κ2) is 9.02. The quantitative estimate of drug-likeness (QED) is 0.866. The second-order valence-corrected chi connectivity index (χ2v) is 5.08. The molecule has 0 aromatic heterocycles. The maximum absolute atomic E-state index is 13.4. The van der Waals surface area contributed by atoms with Gasteiger partial charge >= 0.3 is 0 Å². The Balaban J connectivity index is 0.00000242. The first kappa shape index (κ1) is 18.8. The third-order valence-corrected chi connectivity index (χ3v) is 3.64. The molecule has 1 aromatic rings. The van der Waals surface area contributed by atoms with Crippen LogP contribution in [-0.4, -0.2) is 38.3 Å². The number of piperidine rings is 1. The summed E-state index contributed by atoms with van der Waals surface area (Å²) in [5, 5.41) is 6.09. The van der Waals surface area contributed by atoms with Gasteiger partial charge in [-0.3, -0.25) is 4.79 Å². The van der Waals surface area contributed by atoms with Crippen molar-refractivity contribution in [2.45, 2.75) is 25.3 Å². The molecule has 124 valence electrons. The third kappa shape index (κ3) is 4.90. The van der Waals surface area contributed by atoms with Gasteiger partial charge in [0.1, 0.15) is 6.61 Å². The second-order valence-electron chi connectivity index (χ2n) is 5.08. The smallest absolute Gasteiger partial charge is 0.246 e. The summed E-state index contributed by atoms with van der Waals surface area (Å²) in [7, 11) is 0. The minimum absolute atomic E-state index is 0. The zero-order chi connectivity index (χ0) is 15.2. The number of carbonyl (C=O) groups is 1. The van der Waals surface area contributed by atoms with Gasteiger partial charge in [0.05, 0.1) is 0 Å². The molecule has 4 nitrogen and oxygen atoms in total. The molecular formula is C15H21ClF2N2O2. The molecule has 2 rings (SSSR count). The first-order chi connectivity index (χ1) is 10.1. The van der Waals surface area contributed by atoms with E-state index in [9.17, 15) is 13.6 Å². The largest absolute Gasteiger partial charge is 0.372 e. The van der Waals surface area contributed by atoms with Crippen molar-refractivity contribution in [2.24, 2.45) is 0 Å². The Kier molecular flexibility index (Phi) is 7.72. The third-order valence-electron chi connectivity index (χ3n) is 3.64. The molecule has 1 aliphatic heterocycles. The van der Waals surface area contributed by atoms with E-state index >= 15 is 0 Å². The molecular weight excluding hydrogens is 314 g/mol. The number of benzene rings is 1. The SMILES string of the molecule is CCOCC(=O)NC1CNCCC1c1ccc(F)c(F)c1.Cl. The van der Waals surface area contributed by atoms with Crippen molar-refractivity contribution in [3.05, 3.63) is 35.4 Å². The number of hydrogen-bond donors (Lipinski definition) is 2. The van der Waals surface area contributed by atoms with Crippen molar-refractivity contribution >= 4 is 18.3 Å². The van der Waals surface area contributed by atoms with Crippen molar-refractivity contribution in [3.63, 3.8) is 0 Å². The summed E-state index contributed by atoms with van der Waals surface area (Å²) in [6.07, 6.45) is 0.755. The molecule has 1 heterocycles. The van der Waals surface area contributed by atoms with E-state index in [0.717, 1.165) is 19.0 Å². The minimum Gasteiger partial charge on any atom is -0.372 e. The molecule has 0 spiro atoms. The highest BCUT2D eigenvalue weighted by atomic mass is 35.5. The van der Waals surface area contributed by atoms with E-state index in [1.54, 1.807) is 6.07 Å². The van der Waals surface area contributed by atoms with Crippen LogP contribution in [0, 0.1) is 11.6 Å². The molecule has 7 heteroatoms. The lowest BCUT2D eigenvalue weighted by Gasteiger charge is -2.33. The van der Waals surface area contributed by atoms with E-state index in [0.29, 0.717) is 18.7 Å². The van der Waals surface area contributed by atoms with Crippen LogP contribution in [0.5, 0.6) is 0 Å². The van der Waals surface area contributed by atoms with Gasteiger partial charge in [-0.1, -0.05) is 6.07 Å². The number of halogens is 3. The average Bonchev–Trinajstić information content (AvgIpc) is 2.48. The fourth-order valence-corrected chi connectivity index (χ4v) is 2.60. The average molecular weight is 335 g/mol. The summed E-state index contributed by atoms with van der Waals surface area (Å²) in [4.78, 5) is 11.8. The fourth-order valence-electron chi connectivity index (χ4n) is 2.60. The van der Waals surface area contributed by atoms with Gasteiger partial charge in [0.25, 0.3) is 0 Å². The molecule has 2 unspecified atom stereocenters. The van der Waals surface area contributed by atoms with Gasteiger partial charge in [-0.05, 0) is 37.6 Å². The van der Waals surface area contributed by atoms with E-state index in [1.807, 2.05) is 6.92 Å². The molecule has 1 fully saturated rings. The lowest BCUT2D eigenvalue weighted by molar-refractivity contribution is -0.126. The highest BCUT2D eigenvalue weighted by Gasteiger charge is 2.28. The summed E-state index contributed by atoms with van der Waals surface area (Å²) < 4.78 is 31.5. The molecule has 1 aliphatic rings. The Morgan fingerprint density at radius 3 is 2.86 bits per heavy atom. The molecule has 22 heavy (non-hydrogen) atoms. The van der Waals surface area contributed by atoms with Crippen LogP contribution in [0.1, 0.15) is 24.8 Å². The first-order valence-electron chi connectivity index (χ1n) is 7.14. The Bertz CT molecular complexity index is 502. The van der Waals surface area contributed by atoms with Crippen LogP contribution in [0.25, 0.3) is 0 Å². The normalized spacial score (nSPS) is 21.0. The monoisotopic (exact) mass is 334 g/mol. The summed E-state index contributed by atoms with van der Waals surface area (Å²) in [6, 6.07) is 3.77. The highest BCUT2D eigenvalue weighted by molar-refractivity contribution is 5.85. The molecule has 1 saturated heterocycles. The molecule has 0 bridgehead atoms. The first-order valence-corrected chi connectivity index (χ1v) is 7.14. The van der Waals surface area contributed by atoms with Crippen LogP contribution in [0.15, 0.2) is 18.2 Å². The zero-order valence-electron chi connectivity index (χ0n) is 12.4. The topological polar surface area (TPSA) is 50.4 Å². The molecule has 1 aromatic carbocycles. The fraction of sp³-hybridized carbons (Fsp3) is 0.533. The zero-order valence-corrected chi connectivity index (χ0v) is 13.2. The van der Waals surface area contributed by atoms with Gasteiger partial charge in [0.15, 0.2) is 11.6 Å². The standard InChI is InChI=1S/C15H20F2N2O2.ClH/c1-2-21-9-15(20)19-14-8-18-6-5-11(14)10-3-4-12(16)13(17)7-10;/h3-4,7,11,14,18H,2,5-6,8-9H2,1H3,(H,19,20);1H. The van der Waals surface area contributed by atoms with E-state index < -0.39 is 11.6 Å². The number of amides is 1. The van der Waals surface area contributed by atoms with Gasteiger partial charge in [0.2, 0.25) is 5.91 Å². The van der Waals surface area contributed by atoms with E-state index in [-0.39, 0.29) is 36.9 Å². The summed E-state index contributed by atoms with van der Waals surface area (Å²) in [5.41, 5.74) is 0.706. The lowest BCUT2D eigenvalue weighted by Crippen LogP contribution is -2.50.